The lowest BCUT2D eigenvalue weighted by molar-refractivity contribution is 0.0992. The maximum Gasteiger partial charge on any atom is 0.191 e. The van der Waals surface area contributed by atoms with E-state index in [1.54, 1.807) is 13.1 Å². The van der Waals surface area contributed by atoms with E-state index in [4.69, 9.17) is 10.00 Å². The van der Waals surface area contributed by atoms with Gasteiger partial charge in [-0.2, -0.15) is 5.26 Å². The Kier molecular flexibility index (Phi) is 6.18. The minimum atomic E-state index is -0.329. The largest absolute Gasteiger partial charge is 0.373 e. The molecule has 7 heteroatoms. The van der Waals surface area contributed by atoms with Gasteiger partial charge in [-0.25, -0.2) is 4.39 Å². The second-order valence-corrected chi connectivity index (χ2v) is 5.70. The number of ether oxygens (including phenoxy) is 1. The lowest BCUT2D eigenvalue weighted by Crippen LogP contribution is -2.47. The van der Waals surface area contributed by atoms with Gasteiger partial charge in [0.1, 0.15) is 5.82 Å². The number of guanidine groups is 1. The topological polar surface area (TPSA) is 69.4 Å². The van der Waals surface area contributed by atoms with Crippen LogP contribution in [-0.2, 0) is 11.3 Å². The van der Waals surface area contributed by atoms with Crippen molar-refractivity contribution in [1.82, 2.24) is 10.6 Å². The summed E-state index contributed by atoms with van der Waals surface area (Å²) in [5, 5.41) is 15.3. The second-order valence-electron chi connectivity index (χ2n) is 5.70. The zero-order chi connectivity index (χ0) is 15.5. The Balaban J connectivity index is 0.00000192. The van der Waals surface area contributed by atoms with Crippen molar-refractivity contribution in [3.05, 3.63) is 35.1 Å². The molecule has 2 aliphatic heterocycles. The molecule has 23 heavy (non-hydrogen) atoms. The summed E-state index contributed by atoms with van der Waals surface area (Å²) in [5.41, 5.74) is 0.897. The molecule has 5 nitrogen and oxygen atoms in total. The maximum atomic E-state index is 13.8. The number of nitrogens with zero attached hydrogens (tertiary/aromatic N) is 2. The Labute approximate surface area is 152 Å². The molecule has 0 aliphatic carbocycles. The summed E-state index contributed by atoms with van der Waals surface area (Å²) in [5.74, 6) is 0.299. The molecule has 1 aromatic carbocycles. The molecule has 0 saturated carbocycles. The van der Waals surface area contributed by atoms with E-state index < -0.39 is 0 Å². The van der Waals surface area contributed by atoms with Gasteiger partial charge >= 0.3 is 0 Å². The van der Waals surface area contributed by atoms with E-state index in [-0.39, 0.29) is 48.5 Å². The quantitative estimate of drug-likeness (QED) is 0.439. The van der Waals surface area contributed by atoms with Crippen molar-refractivity contribution in [2.75, 3.05) is 7.05 Å². The smallest absolute Gasteiger partial charge is 0.191 e. The summed E-state index contributed by atoms with van der Waals surface area (Å²) in [6, 6.07) is 6.62. The number of hydrogen-bond acceptors (Lipinski definition) is 3. The molecule has 2 saturated heterocycles. The highest BCUT2D eigenvalue weighted by Gasteiger charge is 2.41. The average molecular weight is 430 g/mol. The molecular weight excluding hydrogens is 410 g/mol. The first kappa shape index (κ1) is 17.9. The van der Waals surface area contributed by atoms with Gasteiger partial charge in [0.2, 0.25) is 0 Å². The molecule has 3 unspecified atom stereocenters. The number of nitriles is 1. The zero-order valence-electron chi connectivity index (χ0n) is 12.9. The van der Waals surface area contributed by atoms with Gasteiger partial charge in [-0.1, -0.05) is 0 Å². The van der Waals surface area contributed by atoms with Crippen LogP contribution in [0.3, 0.4) is 0 Å². The van der Waals surface area contributed by atoms with Gasteiger partial charge < -0.3 is 15.4 Å². The van der Waals surface area contributed by atoms with E-state index in [9.17, 15) is 4.39 Å². The van der Waals surface area contributed by atoms with Crippen LogP contribution in [0.5, 0.6) is 0 Å². The third-order valence-corrected chi connectivity index (χ3v) is 4.27. The molecule has 3 atom stereocenters. The highest BCUT2D eigenvalue weighted by molar-refractivity contribution is 14.0. The third-order valence-electron chi connectivity index (χ3n) is 4.27. The number of nitrogens with one attached hydrogen (secondary N) is 2. The standard InChI is InChI=1S/C16H19FN4O.HI/c1-19-16(21-14-7-12-3-5-15(14)22-12)20-9-11-6-10(8-18)2-4-13(11)17;/h2,4,6,12,14-15H,3,5,7,9H2,1H3,(H2,19,20,21);1H. The highest BCUT2D eigenvalue weighted by Crippen LogP contribution is 2.34. The number of hydrogen-bond donors (Lipinski definition) is 2. The molecule has 0 spiro atoms. The van der Waals surface area contributed by atoms with Crippen molar-refractivity contribution in [1.29, 1.82) is 5.26 Å². The fourth-order valence-corrected chi connectivity index (χ4v) is 3.12. The van der Waals surface area contributed by atoms with Crippen LogP contribution >= 0.6 is 24.0 Å². The fraction of sp³-hybridized carbons (Fsp3) is 0.500. The minimum absolute atomic E-state index is 0. The Hall–Kier alpha value is -1.40. The number of fused-ring (bicyclic) bond motifs is 2. The van der Waals surface area contributed by atoms with Crippen molar-refractivity contribution in [3.63, 3.8) is 0 Å². The van der Waals surface area contributed by atoms with Gasteiger partial charge in [0.05, 0.1) is 29.9 Å². The van der Waals surface area contributed by atoms with Crippen LogP contribution in [0.15, 0.2) is 23.2 Å². The first-order valence-corrected chi connectivity index (χ1v) is 7.50. The van der Waals surface area contributed by atoms with E-state index in [1.165, 1.54) is 12.1 Å². The number of halogens is 2. The summed E-state index contributed by atoms with van der Waals surface area (Å²) in [6.07, 6.45) is 3.83. The molecule has 3 rings (SSSR count). The van der Waals surface area contributed by atoms with E-state index >= 15 is 0 Å². The van der Waals surface area contributed by atoms with Gasteiger partial charge in [-0.05, 0) is 37.5 Å². The van der Waals surface area contributed by atoms with Gasteiger partial charge in [0, 0.05) is 19.2 Å². The summed E-state index contributed by atoms with van der Waals surface area (Å²) >= 11 is 0. The Morgan fingerprint density at radius 2 is 2.30 bits per heavy atom. The molecule has 0 amide bonds. The van der Waals surface area contributed by atoms with Crippen molar-refractivity contribution < 1.29 is 9.13 Å². The van der Waals surface area contributed by atoms with Gasteiger partial charge in [0.25, 0.3) is 0 Å². The van der Waals surface area contributed by atoms with Crippen LogP contribution < -0.4 is 10.6 Å². The molecule has 0 radical (unpaired) electrons. The monoisotopic (exact) mass is 430 g/mol. The second kappa shape index (κ2) is 7.93. The normalized spacial score (nSPS) is 25.6. The molecule has 2 N–H and O–H groups in total. The van der Waals surface area contributed by atoms with Crippen molar-refractivity contribution >= 4 is 29.9 Å². The van der Waals surface area contributed by atoms with Crippen LogP contribution in [0.1, 0.15) is 30.4 Å². The molecule has 124 valence electrons. The summed E-state index contributed by atoms with van der Waals surface area (Å²) in [6.45, 7) is 0.280. The minimum Gasteiger partial charge on any atom is -0.373 e. The molecular formula is C16H20FIN4O. The van der Waals surface area contributed by atoms with E-state index in [0.29, 0.717) is 23.2 Å². The Bertz CT molecular complexity index is 631. The number of aliphatic imine (C=N–C) groups is 1. The Morgan fingerprint density at radius 3 is 2.91 bits per heavy atom. The van der Waals surface area contributed by atoms with Crippen molar-refractivity contribution in [2.24, 2.45) is 4.99 Å². The van der Waals surface area contributed by atoms with Crippen molar-refractivity contribution in [2.45, 2.75) is 44.1 Å². The van der Waals surface area contributed by atoms with Crippen molar-refractivity contribution in [3.8, 4) is 6.07 Å². The molecule has 2 fully saturated rings. The summed E-state index contributed by atoms with van der Waals surface area (Å²) < 4.78 is 19.6. The Morgan fingerprint density at radius 1 is 1.48 bits per heavy atom. The molecule has 1 aromatic rings. The van der Waals surface area contributed by atoms with E-state index in [1.807, 2.05) is 6.07 Å². The predicted molar refractivity (Wildman–Crippen MR) is 96.2 cm³/mol. The molecule has 2 heterocycles. The predicted octanol–water partition coefficient (Wildman–Crippen LogP) is 2.30. The van der Waals surface area contributed by atoms with Crippen LogP contribution in [0.2, 0.25) is 0 Å². The fourth-order valence-electron chi connectivity index (χ4n) is 3.12. The summed E-state index contributed by atoms with van der Waals surface area (Å²) in [4.78, 5) is 4.17. The average Bonchev–Trinajstić information content (AvgIpc) is 3.15. The molecule has 0 aromatic heterocycles. The first-order valence-electron chi connectivity index (χ1n) is 7.50. The number of benzene rings is 1. The first-order chi connectivity index (χ1) is 10.7. The summed E-state index contributed by atoms with van der Waals surface area (Å²) in [7, 11) is 1.69. The van der Waals surface area contributed by atoms with E-state index in [0.717, 1.165) is 19.3 Å². The number of rotatable bonds is 3. The van der Waals surface area contributed by atoms with Crippen LogP contribution in [0.4, 0.5) is 4.39 Å². The molecule has 2 aliphatic rings. The lowest BCUT2D eigenvalue weighted by Gasteiger charge is -2.22. The SMILES string of the molecule is CN=C(NCc1cc(C#N)ccc1F)NC1CC2CCC1O2.I. The van der Waals surface area contributed by atoms with Gasteiger partial charge in [0.15, 0.2) is 5.96 Å². The zero-order valence-corrected chi connectivity index (χ0v) is 15.2. The lowest BCUT2D eigenvalue weighted by atomic mass is 9.96. The third kappa shape index (κ3) is 4.12. The van der Waals surface area contributed by atoms with Crippen LogP contribution in [-0.4, -0.2) is 31.3 Å². The van der Waals surface area contributed by atoms with Crippen LogP contribution in [0, 0.1) is 17.1 Å². The highest BCUT2D eigenvalue weighted by atomic mass is 127. The maximum absolute atomic E-state index is 13.8. The van der Waals surface area contributed by atoms with Gasteiger partial charge in [-0.15, -0.1) is 24.0 Å². The van der Waals surface area contributed by atoms with E-state index in [2.05, 4.69) is 15.6 Å². The molecule has 2 bridgehead atoms. The van der Waals surface area contributed by atoms with Crippen LogP contribution in [0.25, 0.3) is 0 Å². The van der Waals surface area contributed by atoms with Gasteiger partial charge in [-0.3, -0.25) is 4.99 Å².